The van der Waals surface area contributed by atoms with Gasteiger partial charge < -0.3 is 9.16 Å². The average Bonchev–Trinajstić information content (AvgIpc) is 2.18. The van der Waals surface area contributed by atoms with Crippen LogP contribution in [0.4, 0.5) is 0 Å². The Morgan fingerprint density at radius 1 is 1.41 bits per heavy atom. The SMILES string of the molecule is CC(C)(C)[Si](C)(C)O[C@H]1C=CC(=O)O[C@H]1C=O. The summed E-state index contributed by atoms with van der Waals surface area (Å²) in [5.41, 5.74) is 0. The Labute approximate surface area is 103 Å². The molecule has 0 fully saturated rings. The Balaban J connectivity index is 2.83. The quantitative estimate of drug-likeness (QED) is 0.440. The van der Waals surface area contributed by atoms with Gasteiger partial charge in [-0.25, -0.2) is 4.79 Å². The third-order valence-corrected chi connectivity index (χ3v) is 7.84. The highest BCUT2D eigenvalue weighted by Gasteiger charge is 2.41. The van der Waals surface area contributed by atoms with Gasteiger partial charge in [0, 0.05) is 6.08 Å². The molecule has 17 heavy (non-hydrogen) atoms. The summed E-state index contributed by atoms with van der Waals surface area (Å²) in [6.45, 7) is 10.5. The average molecular weight is 256 g/mol. The summed E-state index contributed by atoms with van der Waals surface area (Å²) in [6, 6.07) is 0. The van der Waals surface area contributed by atoms with Crippen LogP contribution in [-0.4, -0.2) is 32.8 Å². The van der Waals surface area contributed by atoms with Crippen molar-refractivity contribution < 1.29 is 18.8 Å². The fourth-order valence-electron chi connectivity index (χ4n) is 1.25. The highest BCUT2D eigenvalue weighted by molar-refractivity contribution is 6.74. The fourth-order valence-corrected chi connectivity index (χ4v) is 2.50. The highest BCUT2D eigenvalue weighted by Crippen LogP contribution is 2.38. The molecule has 96 valence electrons. The fraction of sp³-hybridized carbons (Fsp3) is 0.667. The maximum atomic E-state index is 11.0. The summed E-state index contributed by atoms with van der Waals surface area (Å²) in [6.07, 6.45) is 2.29. The number of esters is 1. The van der Waals surface area contributed by atoms with Gasteiger partial charge in [-0.2, -0.15) is 0 Å². The van der Waals surface area contributed by atoms with Crippen molar-refractivity contribution in [3.63, 3.8) is 0 Å². The summed E-state index contributed by atoms with van der Waals surface area (Å²) in [7, 11) is -1.97. The summed E-state index contributed by atoms with van der Waals surface area (Å²) >= 11 is 0. The molecule has 0 saturated carbocycles. The number of hydrogen-bond acceptors (Lipinski definition) is 4. The van der Waals surface area contributed by atoms with Crippen LogP contribution in [0.5, 0.6) is 0 Å². The maximum absolute atomic E-state index is 11.0. The first kappa shape index (κ1) is 14.1. The van der Waals surface area contributed by atoms with Crippen molar-refractivity contribution in [2.75, 3.05) is 0 Å². The number of carbonyl (C=O) groups excluding carboxylic acids is 2. The Hall–Kier alpha value is -0.943. The molecule has 0 bridgehead atoms. The zero-order valence-corrected chi connectivity index (χ0v) is 12.0. The van der Waals surface area contributed by atoms with E-state index in [0.717, 1.165) is 0 Å². The zero-order valence-electron chi connectivity index (χ0n) is 11.0. The number of hydrogen-bond donors (Lipinski definition) is 0. The van der Waals surface area contributed by atoms with E-state index in [2.05, 4.69) is 33.9 Å². The Kier molecular flexibility index (Phi) is 3.94. The van der Waals surface area contributed by atoms with Gasteiger partial charge in [-0.1, -0.05) is 20.8 Å². The lowest BCUT2D eigenvalue weighted by atomic mass is 10.2. The van der Waals surface area contributed by atoms with Crippen LogP contribution in [0.2, 0.25) is 18.1 Å². The number of cyclic esters (lactones) is 1. The molecule has 1 aliphatic rings. The largest absolute Gasteiger partial charge is 0.448 e. The van der Waals surface area contributed by atoms with E-state index in [1.807, 2.05) is 0 Å². The molecule has 0 spiro atoms. The van der Waals surface area contributed by atoms with Crippen molar-refractivity contribution in [3.05, 3.63) is 12.2 Å². The summed E-state index contributed by atoms with van der Waals surface area (Å²) in [5.74, 6) is -0.489. The molecule has 1 aliphatic heterocycles. The molecule has 1 heterocycles. The third kappa shape index (κ3) is 3.26. The van der Waals surface area contributed by atoms with Gasteiger partial charge in [-0.05, 0) is 24.2 Å². The van der Waals surface area contributed by atoms with Crippen molar-refractivity contribution in [3.8, 4) is 0 Å². The molecular weight excluding hydrogens is 236 g/mol. The first-order valence-electron chi connectivity index (χ1n) is 5.69. The van der Waals surface area contributed by atoms with Gasteiger partial charge >= 0.3 is 5.97 Å². The first-order valence-corrected chi connectivity index (χ1v) is 8.60. The van der Waals surface area contributed by atoms with Gasteiger partial charge in [-0.3, -0.25) is 4.79 Å². The second-order valence-electron chi connectivity index (χ2n) is 5.74. The van der Waals surface area contributed by atoms with Crippen LogP contribution < -0.4 is 0 Å². The standard InChI is InChI=1S/C12H20O4Si/c1-12(2,3)17(4,5)16-9-6-7-11(14)15-10(9)8-13/h6-10H,1-5H3/t9-,10-/m0/s1. The predicted molar refractivity (Wildman–Crippen MR) is 67.2 cm³/mol. The minimum absolute atomic E-state index is 0.0513. The second-order valence-corrected chi connectivity index (χ2v) is 10.5. The Morgan fingerprint density at radius 3 is 2.47 bits per heavy atom. The molecule has 0 amide bonds. The van der Waals surface area contributed by atoms with E-state index in [1.165, 1.54) is 6.08 Å². The van der Waals surface area contributed by atoms with Gasteiger partial charge in [0.15, 0.2) is 20.7 Å². The van der Waals surface area contributed by atoms with E-state index in [9.17, 15) is 9.59 Å². The van der Waals surface area contributed by atoms with E-state index in [1.54, 1.807) is 6.08 Å². The van der Waals surface area contributed by atoms with Gasteiger partial charge in [0.05, 0.1) is 0 Å². The normalized spacial score (nSPS) is 25.6. The van der Waals surface area contributed by atoms with Gasteiger partial charge in [0.2, 0.25) is 0 Å². The van der Waals surface area contributed by atoms with Crippen LogP contribution in [-0.2, 0) is 18.8 Å². The van der Waals surface area contributed by atoms with Crippen LogP contribution in [0.15, 0.2) is 12.2 Å². The summed E-state index contributed by atoms with van der Waals surface area (Å²) < 4.78 is 10.9. The molecule has 0 radical (unpaired) electrons. The van der Waals surface area contributed by atoms with E-state index >= 15 is 0 Å². The Bertz CT molecular complexity index is 341. The van der Waals surface area contributed by atoms with Crippen molar-refractivity contribution in [1.29, 1.82) is 0 Å². The molecule has 0 N–H and O–H groups in total. The molecule has 0 aromatic rings. The third-order valence-electron chi connectivity index (χ3n) is 3.37. The van der Waals surface area contributed by atoms with E-state index in [4.69, 9.17) is 9.16 Å². The maximum Gasteiger partial charge on any atom is 0.331 e. The van der Waals surface area contributed by atoms with Crippen LogP contribution in [0, 0.1) is 0 Å². The molecule has 5 heteroatoms. The molecule has 0 aromatic heterocycles. The first-order chi connectivity index (χ1) is 7.67. The number of rotatable bonds is 3. The van der Waals surface area contributed by atoms with Gasteiger partial charge in [0.1, 0.15) is 6.10 Å². The van der Waals surface area contributed by atoms with Crippen molar-refractivity contribution in [1.82, 2.24) is 0 Å². The number of ether oxygens (including phenoxy) is 1. The van der Waals surface area contributed by atoms with E-state index in [-0.39, 0.29) is 5.04 Å². The monoisotopic (exact) mass is 256 g/mol. The lowest BCUT2D eigenvalue weighted by Crippen LogP contribution is -2.48. The van der Waals surface area contributed by atoms with Crippen molar-refractivity contribution in [2.45, 2.75) is 51.1 Å². The summed E-state index contributed by atoms with van der Waals surface area (Å²) in [5, 5.41) is 0.0513. The smallest absolute Gasteiger partial charge is 0.331 e. The van der Waals surface area contributed by atoms with Crippen molar-refractivity contribution >= 4 is 20.6 Å². The van der Waals surface area contributed by atoms with E-state index in [0.29, 0.717) is 6.29 Å². The lowest BCUT2D eigenvalue weighted by molar-refractivity contribution is -0.152. The van der Waals surface area contributed by atoms with Gasteiger partial charge in [0.25, 0.3) is 0 Å². The number of aldehydes is 1. The topological polar surface area (TPSA) is 52.6 Å². The van der Waals surface area contributed by atoms with Gasteiger partial charge in [-0.15, -0.1) is 0 Å². The zero-order chi connectivity index (χ0) is 13.3. The van der Waals surface area contributed by atoms with Crippen LogP contribution in [0.25, 0.3) is 0 Å². The molecule has 0 aliphatic carbocycles. The lowest BCUT2D eigenvalue weighted by Gasteiger charge is -2.40. The van der Waals surface area contributed by atoms with Crippen molar-refractivity contribution in [2.24, 2.45) is 0 Å². The highest BCUT2D eigenvalue weighted by atomic mass is 28.4. The summed E-state index contributed by atoms with van der Waals surface area (Å²) in [4.78, 5) is 21.9. The predicted octanol–water partition coefficient (Wildman–Crippen LogP) is 2.06. The van der Waals surface area contributed by atoms with Crippen LogP contribution >= 0.6 is 0 Å². The molecule has 0 unspecified atom stereocenters. The Morgan fingerprint density at radius 2 is 2.00 bits per heavy atom. The molecular formula is C12H20O4Si. The van der Waals surface area contributed by atoms with Crippen LogP contribution in [0.1, 0.15) is 20.8 Å². The molecule has 4 nitrogen and oxygen atoms in total. The second kappa shape index (κ2) is 4.74. The minimum atomic E-state index is -1.97. The minimum Gasteiger partial charge on any atom is -0.448 e. The molecule has 1 rings (SSSR count). The number of carbonyl (C=O) groups is 2. The van der Waals surface area contributed by atoms with Crippen LogP contribution in [0.3, 0.4) is 0 Å². The molecule has 0 saturated heterocycles. The molecule has 0 aromatic carbocycles. The van der Waals surface area contributed by atoms with E-state index < -0.39 is 26.5 Å². The molecule has 2 atom stereocenters.